The number of halogens is 1. The molecule has 210 valence electrons. The fraction of sp³-hybridized carbons (Fsp3) is 0.229. The molecule has 41 heavy (non-hydrogen) atoms. The predicted octanol–water partition coefficient (Wildman–Crippen LogP) is 8.59. The summed E-state index contributed by atoms with van der Waals surface area (Å²) in [5.41, 5.74) is 6.36. The molecule has 5 rings (SSSR count). The van der Waals surface area contributed by atoms with Gasteiger partial charge in [-0.2, -0.15) is 0 Å². The molecule has 0 unspecified atom stereocenters. The third-order valence-electron chi connectivity index (χ3n) is 7.26. The van der Waals surface area contributed by atoms with Gasteiger partial charge in [-0.3, -0.25) is 4.90 Å². The first-order valence-corrected chi connectivity index (χ1v) is 14.5. The lowest BCUT2D eigenvalue weighted by Crippen LogP contribution is -2.25. The number of phenols is 1. The smallest absolute Gasteiger partial charge is 0.144 e. The maximum absolute atomic E-state index is 9.96. The summed E-state index contributed by atoms with van der Waals surface area (Å²) in [6.07, 6.45) is 2.10. The molecule has 5 aromatic rings. The zero-order valence-corrected chi connectivity index (χ0v) is 24.4. The van der Waals surface area contributed by atoms with Crippen LogP contribution in [0.4, 0.5) is 0 Å². The Morgan fingerprint density at radius 2 is 1.56 bits per heavy atom. The number of imidazole rings is 1. The van der Waals surface area contributed by atoms with Crippen molar-refractivity contribution in [3.8, 4) is 34.1 Å². The highest BCUT2D eigenvalue weighted by molar-refractivity contribution is 6.31. The van der Waals surface area contributed by atoms with Gasteiger partial charge in [-0.1, -0.05) is 104 Å². The van der Waals surface area contributed by atoms with E-state index in [0.29, 0.717) is 18.1 Å². The summed E-state index contributed by atoms with van der Waals surface area (Å²) in [7, 11) is 1.71. The second-order valence-corrected chi connectivity index (χ2v) is 10.6. The predicted molar refractivity (Wildman–Crippen MR) is 167 cm³/mol. The van der Waals surface area contributed by atoms with Crippen LogP contribution in [0.2, 0.25) is 5.02 Å². The molecule has 4 aromatic carbocycles. The number of para-hydroxylation sites is 1. The quantitative estimate of drug-likeness (QED) is 0.164. The van der Waals surface area contributed by atoms with E-state index in [-0.39, 0.29) is 5.75 Å². The monoisotopic (exact) mass is 565 g/mol. The Hall–Kier alpha value is -4.06. The molecule has 0 atom stereocenters. The van der Waals surface area contributed by atoms with E-state index in [2.05, 4.69) is 71.0 Å². The molecule has 0 amide bonds. The van der Waals surface area contributed by atoms with E-state index >= 15 is 0 Å². The number of benzene rings is 4. The number of ether oxygens (including phenoxy) is 1. The van der Waals surface area contributed by atoms with Crippen LogP contribution < -0.4 is 4.74 Å². The molecule has 0 fully saturated rings. The van der Waals surface area contributed by atoms with E-state index in [9.17, 15) is 5.11 Å². The highest BCUT2D eigenvalue weighted by atomic mass is 35.5. The highest BCUT2D eigenvalue weighted by Crippen LogP contribution is 2.36. The van der Waals surface area contributed by atoms with Crippen molar-refractivity contribution >= 4 is 11.6 Å². The van der Waals surface area contributed by atoms with Crippen LogP contribution in [-0.4, -0.2) is 26.7 Å². The fourth-order valence-corrected chi connectivity index (χ4v) is 5.43. The number of phenolic OH excluding ortho intramolecular Hbond substituents is 1. The van der Waals surface area contributed by atoms with Gasteiger partial charge in [0, 0.05) is 36.8 Å². The largest absolute Gasteiger partial charge is 0.508 e. The topological polar surface area (TPSA) is 50.5 Å². The van der Waals surface area contributed by atoms with E-state index in [1.54, 1.807) is 19.2 Å². The van der Waals surface area contributed by atoms with Crippen molar-refractivity contribution in [3.63, 3.8) is 0 Å². The van der Waals surface area contributed by atoms with Crippen LogP contribution in [0.5, 0.6) is 11.5 Å². The summed E-state index contributed by atoms with van der Waals surface area (Å²) >= 11 is 6.61. The lowest BCUT2D eigenvalue weighted by Gasteiger charge is -2.25. The number of unbranched alkanes of at least 4 members (excludes halogenated alkanes) is 1. The minimum atomic E-state index is 0.166. The van der Waals surface area contributed by atoms with Gasteiger partial charge in [0.05, 0.1) is 24.1 Å². The number of aromatic hydroxyl groups is 1. The van der Waals surface area contributed by atoms with Crippen LogP contribution in [0.15, 0.2) is 103 Å². The molecule has 1 N–H and O–H groups in total. The van der Waals surface area contributed by atoms with Crippen molar-refractivity contribution in [1.82, 2.24) is 14.5 Å². The number of methoxy groups -OCH3 is 1. The molecule has 5 nitrogen and oxygen atoms in total. The third kappa shape index (κ3) is 6.82. The minimum Gasteiger partial charge on any atom is -0.508 e. The van der Waals surface area contributed by atoms with Crippen molar-refractivity contribution in [3.05, 3.63) is 125 Å². The molecule has 0 aliphatic carbocycles. The number of nitrogens with zero attached hydrogens (tertiary/aromatic N) is 3. The first-order valence-electron chi connectivity index (χ1n) is 14.1. The second-order valence-electron chi connectivity index (χ2n) is 10.2. The summed E-state index contributed by atoms with van der Waals surface area (Å²) in [6, 6.07) is 34.2. The van der Waals surface area contributed by atoms with E-state index in [1.165, 1.54) is 5.56 Å². The Morgan fingerprint density at radius 3 is 2.27 bits per heavy atom. The zero-order valence-electron chi connectivity index (χ0n) is 23.6. The van der Waals surface area contributed by atoms with Gasteiger partial charge in [0.2, 0.25) is 0 Å². The van der Waals surface area contributed by atoms with Crippen molar-refractivity contribution in [1.29, 1.82) is 0 Å². The Balaban J connectivity index is 1.65. The van der Waals surface area contributed by atoms with Crippen molar-refractivity contribution < 1.29 is 9.84 Å². The first kappa shape index (κ1) is 28.5. The molecule has 6 heteroatoms. The van der Waals surface area contributed by atoms with Gasteiger partial charge >= 0.3 is 0 Å². The molecule has 0 spiro atoms. The van der Waals surface area contributed by atoms with Gasteiger partial charge < -0.3 is 14.4 Å². The number of hydrogen-bond donors (Lipinski definition) is 1. The lowest BCUT2D eigenvalue weighted by atomic mass is 10.1. The van der Waals surface area contributed by atoms with Crippen LogP contribution in [0.25, 0.3) is 22.6 Å². The standard InChI is InChI=1S/C35H36ClN3O2/c1-3-4-21-39-32(25-38(23-26-13-7-5-8-14-26)24-28-19-20-29(40)22-31(28)36)34(27-15-9-6-10-16-27)37-35(39)30-17-11-12-18-33(30)41-2/h5-20,22,40H,3-4,21,23-25H2,1-2H3. The Kier molecular flexibility index (Phi) is 9.40. The average molecular weight is 566 g/mol. The van der Waals surface area contributed by atoms with Crippen LogP contribution in [0.1, 0.15) is 36.6 Å². The summed E-state index contributed by atoms with van der Waals surface area (Å²) in [4.78, 5) is 7.70. The molecule has 0 bridgehead atoms. The lowest BCUT2D eigenvalue weighted by molar-refractivity contribution is 0.241. The van der Waals surface area contributed by atoms with E-state index in [1.807, 2.05) is 36.4 Å². The minimum absolute atomic E-state index is 0.166. The summed E-state index contributed by atoms with van der Waals surface area (Å²) in [5.74, 6) is 1.88. The number of hydrogen-bond acceptors (Lipinski definition) is 4. The van der Waals surface area contributed by atoms with Gasteiger partial charge in [0.1, 0.15) is 17.3 Å². The molecular formula is C35H36ClN3O2. The first-order chi connectivity index (χ1) is 20.1. The van der Waals surface area contributed by atoms with Gasteiger partial charge in [0.25, 0.3) is 0 Å². The zero-order chi connectivity index (χ0) is 28.6. The maximum Gasteiger partial charge on any atom is 0.144 e. The molecule has 0 aliphatic rings. The molecule has 0 saturated heterocycles. The van der Waals surface area contributed by atoms with Crippen LogP contribution in [-0.2, 0) is 26.2 Å². The number of rotatable bonds is 12. The average Bonchev–Trinajstić information content (AvgIpc) is 3.35. The van der Waals surface area contributed by atoms with Crippen LogP contribution in [0, 0.1) is 0 Å². The molecular weight excluding hydrogens is 530 g/mol. The van der Waals surface area contributed by atoms with Crippen LogP contribution >= 0.6 is 11.6 Å². The SMILES string of the molecule is CCCCn1c(-c2ccccc2OC)nc(-c2ccccc2)c1CN(Cc1ccccc1)Cc1ccc(O)cc1Cl. The van der Waals surface area contributed by atoms with E-state index in [0.717, 1.165) is 65.6 Å². The normalized spacial score (nSPS) is 11.2. The van der Waals surface area contributed by atoms with Crippen molar-refractivity contribution in [2.24, 2.45) is 0 Å². The Labute approximate surface area is 247 Å². The molecule has 0 saturated carbocycles. The maximum atomic E-state index is 9.96. The van der Waals surface area contributed by atoms with Gasteiger partial charge in [-0.05, 0) is 41.8 Å². The third-order valence-corrected chi connectivity index (χ3v) is 7.61. The van der Waals surface area contributed by atoms with Crippen molar-refractivity contribution in [2.75, 3.05) is 7.11 Å². The van der Waals surface area contributed by atoms with Crippen molar-refractivity contribution in [2.45, 2.75) is 45.9 Å². The summed E-state index contributed by atoms with van der Waals surface area (Å²) < 4.78 is 8.15. The summed E-state index contributed by atoms with van der Waals surface area (Å²) in [5, 5.41) is 10.5. The van der Waals surface area contributed by atoms with Gasteiger partial charge in [-0.25, -0.2) is 4.98 Å². The molecule has 0 radical (unpaired) electrons. The number of aromatic nitrogens is 2. The molecule has 0 aliphatic heterocycles. The van der Waals surface area contributed by atoms with E-state index < -0.39 is 0 Å². The molecule has 1 aromatic heterocycles. The van der Waals surface area contributed by atoms with Crippen LogP contribution in [0.3, 0.4) is 0 Å². The van der Waals surface area contributed by atoms with Gasteiger partial charge in [-0.15, -0.1) is 0 Å². The van der Waals surface area contributed by atoms with E-state index in [4.69, 9.17) is 21.3 Å². The summed E-state index contributed by atoms with van der Waals surface area (Å²) in [6.45, 7) is 5.06. The molecule has 1 heterocycles. The fourth-order valence-electron chi connectivity index (χ4n) is 5.19. The second kappa shape index (κ2) is 13.5. The Morgan fingerprint density at radius 1 is 0.854 bits per heavy atom. The van der Waals surface area contributed by atoms with Gasteiger partial charge in [0.15, 0.2) is 0 Å². The highest BCUT2D eigenvalue weighted by Gasteiger charge is 2.24. The Bertz CT molecular complexity index is 1570.